The smallest absolute Gasteiger partial charge is 0.162 e. The zero-order chi connectivity index (χ0) is 14.0. The van der Waals surface area contributed by atoms with Crippen LogP contribution in [0.25, 0.3) is 11.4 Å². The second kappa shape index (κ2) is 5.88. The summed E-state index contributed by atoms with van der Waals surface area (Å²) >= 11 is 9.49. The molecule has 0 fully saturated rings. The number of aromatic nitrogens is 2. The van der Waals surface area contributed by atoms with Crippen molar-refractivity contribution >= 4 is 33.3 Å². The van der Waals surface area contributed by atoms with Crippen molar-refractivity contribution in [3.63, 3.8) is 0 Å². The standard InChI is InChI=1S/C14H15BrClN3/c1-4-17-14-12(15)9(3)18-13(19-14)11-6-5-10(16)7-8(11)2/h5-7H,4H2,1-3H3,(H,17,18,19). The molecule has 19 heavy (non-hydrogen) atoms. The van der Waals surface area contributed by atoms with Gasteiger partial charge in [0.25, 0.3) is 0 Å². The van der Waals surface area contributed by atoms with Gasteiger partial charge in [0.2, 0.25) is 0 Å². The number of hydrogen-bond donors (Lipinski definition) is 1. The lowest BCUT2D eigenvalue weighted by atomic mass is 10.1. The number of hydrogen-bond acceptors (Lipinski definition) is 3. The molecule has 100 valence electrons. The molecule has 0 bridgehead atoms. The van der Waals surface area contributed by atoms with Gasteiger partial charge in [-0.1, -0.05) is 11.6 Å². The Morgan fingerprint density at radius 1 is 1.26 bits per heavy atom. The molecule has 5 heteroatoms. The molecule has 0 aliphatic heterocycles. The molecule has 0 aliphatic carbocycles. The van der Waals surface area contributed by atoms with Crippen molar-refractivity contribution in [3.8, 4) is 11.4 Å². The largest absolute Gasteiger partial charge is 0.369 e. The summed E-state index contributed by atoms with van der Waals surface area (Å²) in [4.78, 5) is 9.11. The van der Waals surface area contributed by atoms with Gasteiger partial charge in [-0.15, -0.1) is 0 Å². The van der Waals surface area contributed by atoms with Crippen LogP contribution >= 0.6 is 27.5 Å². The van der Waals surface area contributed by atoms with Crippen molar-refractivity contribution in [1.29, 1.82) is 0 Å². The number of halogens is 2. The first-order chi connectivity index (χ1) is 9.02. The van der Waals surface area contributed by atoms with Crippen molar-refractivity contribution < 1.29 is 0 Å². The lowest BCUT2D eigenvalue weighted by Gasteiger charge is -2.11. The van der Waals surface area contributed by atoms with Crippen molar-refractivity contribution in [2.24, 2.45) is 0 Å². The highest BCUT2D eigenvalue weighted by Gasteiger charge is 2.12. The van der Waals surface area contributed by atoms with E-state index in [2.05, 4.69) is 31.2 Å². The fraction of sp³-hybridized carbons (Fsp3) is 0.286. The second-order valence-electron chi connectivity index (χ2n) is 4.28. The normalized spacial score (nSPS) is 10.6. The molecule has 1 heterocycles. The van der Waals surface area contributed by atoms with Gasteiger partial charge < -0.3 is 5.32 Å². The van der Waals surface area contributed by atoms with E-state index in [1.165, 1.54) is 0 Å². The lowest BCUT2D eigenvalue weighted by molar-refractivity contribution is 1.06. The van der Waals surface area contributed by atoms with Gasteiger partial charge >= 0.3 is 0 Å². The predicted octanol–water partition coefficient (Wildman–Crippen LogP) is 4.61. The first kappa shape index (κ1) is 14.3. The Labute approximate surface area is 126 Å². The highest BCUT2D eigenvalue weighted by Crippen LogP contribution is 2.29. The Hall–Kier alpha value is -1.13. The van der Waals surface area contributed by atoms with Crippen LogP contribution in [0.15, 0.2) is 22.7 Å². The van der Waals surface area contributed by atoms with E-state index in [-0.39, 0.29) is 0 Å². The van der Waals surface area contributed by atoms with Crippen LogP contribution in [0.1, 0.15) is 18.2 Å². The number of nitrogens with zero attached hydrogens (tertiary/aromatic N) is 2. The number of anilines is 1. The molecule has 0 spiro atoms. The van der Waals surface area contributed by atoms with Crippen LogP contribution < -0.4 is 5.32 Å². The summed E-state index contributed by atoms with van der Waals surface area (Å²) in [6, 6.07) is 5.73. The minimum atomic E-state index is 0.714. The first-order valence-corrected chi connectivity index (χ1v) is 7.24. The SMILES string of the molecule is CCNc1nc(-c2ccc(Cl)cc2C)nc(C)c1Br. The van der Waals surface area contributed by atoms with Crippen LogP contribution in [-0.2, 0) is 0 Å². The Kier molecular flexibility index (Phi) is 4.42. The Bertz CT molecular complexity index is 614. The molecule has 0 aliphatic rings. The Morgan fingerprint density at radius 3 is 2.63 bits per heavy atom. The van der Waals surface area contributed by atoms with Gasteiger partial charge in [0.1, 0.15) is 5.82 Å². The van der Waals surface area contributed by atoms with E-state index < -0.39 is 0 Å². The van der Waals surface area contributed by atoms with E-state index in [0.717, 1.165) is 38.7 Å². The second-order valence-corrected chi connectivity index (χ2v) is 5.51. The number of rotatable bonds is 3. The van der Waals surface area contributed by atoms with Crippen molar-refractivity contribution in [2.45, 2.75) is 20.8 Å². The molecule has 0 saturated heterocycles. The molecule has 1 aromatic carbocycles. The van der Waals surface area contributed by atoms with Crippen LogP contribution in [-0.4, -0.2) is 16.5 Å². The first-order valence-electron chi connectivity index (χ1n) is 6.07. The number of nitrogens with one attached hydrogen (secondary N) is 1. The molecule has 0 amide bonds. The summed E-state index contributed by atoms with van der Waals surface area (Å²) in [6.45, 7) is 6.82. The quantitative estimate of drug-likeness (QED) is 0.886. The van der Waals surface area contributed by atoms with E-state index in [4.69, 9.17) is 11.6 Å². The molecule has 2 rings (SSSR count). The fourth-order valence-corrected chi connectivity index (χ4v) is 2.39. The van der Waals surface area contributed by atoms with Crippen LogP contribution in [0, 0.1) is 13.8 Å². The van der Waals surface area contributed by atoms with Gasteiger partial charge in [0.15, 0.2) is 5.82 Å². The van der Waals surface area contributed by atoms with Gasteiger partial charge in [-0.2, -0.15) is 0 Å². The third kappa shape index (κ3) is 3.07. The third-order valence-corrected chi connectivity index (χ3v) is 3.97. The summed E-state index contributed by atoms with van der Waals surface area (Å²) in [5.74, 6) is 1.53. The predicted molar refractivity (Wildman–Crippen MR) is 83.8 cm³/mol. The van der Waals surface area contributed by atoms with E-state index in [0.29, 0.717) is 5.82 Å². The van der Waals surface area contributed by atoms with Crippen molar-refractivity contribution in [2.75, 3.05) is 11.9 Å². The minimum Gasteiger partial charge on any atom is -0.369 e. The van der Waals surface area contributed by atoms with Gasteiger partial charge in [0.05, 0.1) is 10.2 Å². The van der Waals surface area contributed by atoms with E-state index in [1.54, 1.807) is 0 Å². The Balaban J connectivity index is 2.56. The zero-order valence-electron chi connectivity index (χ0n) is 11.1. The molecule has 0 unspecified atom stereocenters. The van der Waals surface area contributed by atoms with E-state index in [9.17, 15) is 0 Å². The van der Waals surface area contributed by atoms with Crippen LogP contribution in [0.3, 0.4) is 0 Å². The summed E-state index contributed by atoms with van der Waals surface area (Å²) in [6.07, 6.45) is 0. The van der Waals surface area contributed by atoms with E-state index in [1.807, 2.05) is 39.0 Å². The summed E-state index contributed by atoms with van der Waals surface area (Å²) in [5.41, 5.74) is 2.98. The van der Waals surface area contributed by atoms with Gasteiger partial charge in [-0.3, -0.25) is 0 Å². The molecule has 0 radical (unpaired) electrons. The van der Waals surface area contributed by atoms with Crippen LogP contribution in [0.4, 0.5) is 5.82 Å². The van der Waals surface area contributed by atoms with Crippen LogP contribution in [0.5, 0.6) is 0 Å². The zero-order valence-corrected chi connectivity index (χ0v) is 13.4. The topological polar surface area (TPSA) is 37.8 Å². The van der Waals surface area contributed by atoms with Gasteiger partial charge in [-0.05, 0) is 60.5 Å². The molecule has 0 atom stereocenters. The highest BCUT2D eigenvalue weighted by molar-refractivity contribution is 9.10. The molecule has 0 saturated carbocycles. The molecular weight excluding hydrogens is 326 g/mol. The van der Waals surface area contributed by atoms with Crippen molar-refractivity contribution in [1.82, 2.24) is 9.97 Å². The third-order valence-electron chi connectivity index (χ3n) is 2.79. The maximum Gasteiger partial charge on any atom is 0.162 e. The van der Waals surface area contributed by atoms with Gasteiger partial charge in [-0.25, -0.2) is 9.97 Å². The molecular formula is C14H15BrClN3. The van der Waals surface area contributed by atoms with Gasteiger partial charge in [0, 0.05) is 17.1 Å². The maximum atomic E-state index is 5.98. The summed E-state index contributed by atoms with van der Waals surface area (Å²) < 4.78 is 0.907. The Morgan fingerprint density at radius 2 is 2.00 bits per heavy atom. The van der Waals surface area contributed by atoms with E-state index >= 15 is 0 Å². The molecule has 2 aromatic rings. The summed E-state index contributed by atoms with van der Waals surface area (Å²) in [5, 5.41) is 3.96. The summed E-state index contributed by atoms with van der Waals surface area (Å²) in [7, 11) is 0. The number of benzene rings is 1. The molecule has 1 aromatic heterocycles. The monoisotopic (exact) mass is 339 g/mol. The minimum absolute atomic E-state index is 0.714. The average Bonchev–Trinajstić information content (AvgIpc) is 2.35. The lowest BCUT2D eigenvalue weighted by Crippen LogP contribution is -2.05. The van der Waals surface area contributed by atoms with Crippen molar-refractivity contribution in [3.05, 3.63) is 39.0 Å². The van der Waals surface area contributed by atoms with Crippen LogP contribution in [0.2, 0.25) is 5.02 Å². The maximum absolute atomic E-state index is 5.98. The highest BCUT2D eigenvalue weighted by atomic mass is 79.9. The fourth-order valence-electron chi connectivity index (χ4n) is 1.84. The molecule has 3 nitrogen and oxygen atoms in total. The molecule has 1 N–H and O–H groups in total. The number of aryl methyl sites for hydroxylation is 2. The average molecular weight is 341 g/mol.